The van der Waals surface area contributed by atoms with E-state index < -0.39 is 12.1 Å². The molecule has 5 heteroatoms. The van der Waals surface area contributed by atoms with Gasteiger partial charge < -0.3 is 14.5 Å². The van der Waals surface area contributed by atoms with Crippen molar-refractivity contribution in [3.8, 4) is 0 Å². The number of carbonyl (C=O) groups excluding carboxylic acids is 2. The van der Waals surface area contributed by atoms with E-state index in [0.717, 1.165) is 25.7 Å². The first-order valence-electron chi connectivity index (χ1n) is 6.71. The van der Waals surface area contributed by atoms with E-state index in [1.807, 2.05) is 0 Å². The fourth-order valence-corrected chi connectivity index (χ4v) is 2.23. The van der Waals surface area contributed by atoms with Crippen LogP contribution in [0.5, 0.6) is 0 Å². The first-order chi connectivity index (χ1) is 9.16. The van der Waals surface area contributed by atoms with Crippen LogP contribution in [0, 0.1) is 0 Å². The van der Waals surface area contributed by atoms with Crippen LogP contribution >= 0.6 is 0 Å². The van der Waals surface area contributed by atoms with E-state index in [9.17, 15) is 9.59 Å². The van der Waals surface area contributed by atoms with Crippen molar-refractivity contribution in [1.82, 2.24) is 5.32 Å². The molecule has 1 aromatic heterocycles. The number of nitrogens with one attached hydrogen (secondary N) is 1. The summed E-state index contributed by atoms with van der Waals surface area (Å²) in [6.45, 7) is 1.57. The molecule has 0 spiro atoms. The van der Waals surface area contributed by atoms with E-state index in [-0.39, 0.29) is 17.7 Å². The maximum absolute atomic E-state index is 11.9. The van der Waals surface area contributed by atoms with Gasteiger partial charge >= 0.3 is 5.97 Å². The summed E-state index contributed by atoms with van der Waals surface area (Å²) in [4.78, 5) is 23.5. The quantitative estimate of drug-likeness (QED) is 0.848. The lowest BCUT2D eigenvalue weighted by Gasteiger charge is -2.24. The molecule has 1 aliphatic carbocycles. The van der Waals surface area contributed by atoms with Gasteiger partial charge in [0.15, 0.2) is 6.10 Å². The minimum absolute atomic E-state index is 0.109. The molecule has 0 saturated heterocycles. The van der Waals surface area contributed by atoms with Gasteiger partial charge in [-0.05, 0) is 31.9 Å². The second-order valence-electron chi connectivity index (χ2n) is 4.87. The molecule has 19 heavy (non-hydrogen) atoms. The molecule has 0 aliphatic heterocycles. The minimum Gasteiger partial charge on any atom is -0.457 e. The molecule has 0 aromatic carbocycles. The smallest absolute Gasteiger partial charge is 0.374 e. The number of furan rings is 1. The standard InChI is InChI=1S/C14H19NO4/c1-10(19-14(17)12-8-5-9-18-12)13(16)15-11-6-3-2-4-7-11/h5,8-11H,2-4,6-7H2,1H3,(H,15,16)/t10-/m1/s1. The molecule has 1 atom stereocenters. The highest BCUT2D eigenvalue weighted by Gasteiger charge is 2.23. The second kappa shape index (κ2) is 6.41. The van der Waals surface area contributed by atoms with Crippen LogP contribution in [-0.4, -0.2) is 24.0 Å². The molecule has 0 unspecified atom stereocenters. The van der Waals surface area contributed by atoms with Gasteiger partial charge in [0.1, 0.15) is 0 Å². The van der Waals surface area contributed by atoms with E-state index in [4.69, 9.17) is 9.15 Å². The third-order valence-corrected chi connectivity index (χ3v) is 3.33. The van der Waals surface area contributed by atoms with Gasteiger partial charge in [0.25, 0.3) is 5.91 Å². The maximum atomic E-state index is 11.9. The molecule has 1 aromatic rings. The van der Waals surface area contributed by atoms with Crippen molar-refractivity contribution in [2.24, 2.45) is 0 Å². The molecule has 1 saturated carbocycles. The number of carbonyl (C=O) groups is 2. The van der Waals surface area contributed by atoms with Crippen LogP contribution in [0.25, 0.3) is 0 Å². The summed E-state index contributed by atoms with van der Waals surface area (Å²) in [7, 11) is 0. The highest BCUT2D eigenvalue weighted by atomic mass is 16.6. The third kappa shape index (κ3) is 3.84. The van der Waals surface area contributed by atoms with Gasteiger partial charge in [-0.3, -0.25) is 4.79 Å². The van der Waals surface area contributed by atoms with Crippen molar-refractivity contribution < 1.29 is 18.7 Å². The molecule has 1 amide bonds. The molecule has 2 rings (SSSR count). The van der Waals surface area contributed by atoms with Crippen LogP contribution in [0.15, 0.2) is 22.8 Å². The van der Waals surface area contributed by atoms with Crippen molar-refractivity contribution in [2.75, 3.05) is 0 Å². The normalized spacial score (nSPS) is 17.7. The van der Waals surface area contributed by atoms with E-state index in [1.54, 1.807) is 13.0 Å². The summed E-state index contributed by atoms with van der Waals surface area (Å²) in [5, 5.41) is 2.92. The number of rotatable bonds is 4. The predicted octanol–water partition coefficient (Wildman–Crippen LogP) is 2.27. The summed E-state index contributed by atoms with van der Waals surface area (Å²) in [5.41, 5.74) is 0. The Hall–Kier alpha value is -1.78. The van der Waals surface area contributed by atoms with Gasteiger partial charge in [0.05, 0.1) is 6.26 Å². The summed E-state index contributed by atoms with van der Waals surface area (Å²) < 4.78 is 9.97. The van der Waals surface area contributed by atoms with Crippen LogP contribution in [0.1, 0.15) is 49.6 Å². The fraction of sp³-hybridized carbons (Fsp3) is 0.571. The predicted molar refractivity (Wildman–Crippen MR) is 68.6 cm³/mol. The number of hydrogen-bond donors (Lipinski definition) is 1. The van der Waals surface area contributed by atoms with Crippen LogP contribution in [0.3, 0.4) is 0 Å². The van der Waals surface area contributed by atoms with Crippen molar-refractivity contribution in [3.05, 3.63) is 24.2 Å². The summed E-state index contributed by atoms with van der Waals surface area (Å²) >= 11 is 0. The van der Waals surface area contributed by atoms with E-state index in [1.165, 1.54) is 18.8 Å². The lowest BCUT2D eigenvalue weighted by Crippen LogP contribution is -2.42. The van der Waals surface area contributed by atoms with Crippen LogP contribution in [-0.2, 0) is 9.53 Å². The molecule has 1 fully saturated rings. The summed E-state index contributed by atoms with van der Waals surface area (Å²) in [5.74, 6) is -0.750. The molecule has 1 aliphatic rings. The largest absolute Gasteiger partial charge is 0.457 e. The molecular weight excluding hydrogens is 246 g/mol. The number of hydrogen-bond acceptors (Lipinski definition) is 4. The van der Waals surface area contributed by atoms with Crippen molar-refractivity contribution in [1.29, 1.82) is 0 Å². The van der Waals surface area contributed by atoms with Gasteiger partial charge in [-0.25, -0.2) is 4.79 Å². The Labute approximate surface area is 112 Å². The highest BCUT2D eigenvalue weighted by molar-refractivity contribution is 5.90. The highest BCUT2D eigenvalue weighted by Crippen LogP contribution is 2.17. The summed E-state index contributed by atoms with van der Waals surface area (Å²) in [6.07, 6.45) is 6.12. The molecule has 1 heterocycles. The Morgan fingerprint density at radius 2 is 2.11 bits per heavy atom. The van der Waals surface area contributed by atoms with Crippen molar-refractivity contribution >= 4 is 11.9 Å². The molecule has 104 valence electrons. The lowest BCUT2D eigenvalue weighted by molar-refractivity contribution is -0.130. The molecule has 1 N–H and O–H groups in total. The van der Waals surface area contributed by atoms with Gasteiger partial charge in [0, 0.05) is 6.04 Å². The topological polar surface area (TPSA) is 68.5 Å². The van der Waals surface area contributed by atoms with Crippen LogP contribution in [0.2, 0.25) is 0 Å². The van der Waals surface area contributed by atoms with E-state index >= 15 is 0 Å². The average molecular weight is 265 g/mol. The van der Waals surface area contributed by atoms with E-state index in [0.29, 0.717) is 0 Å². The fourth-order valence-electron chi connectivity index (χ4n) is 2.23. The zero-order chi connectivity index (χ0) is 13.7. The Morgan fingerprint density at radius 3 is 2.74 bits per heavy atom. The number of esters is 1. The Balaban J connectivity index is 1.80. The molecular formula is C14H19NO4. The molecule has 5 nitrogen and oxygen atoms in total. The van der Waals surface area contributed by atoms with E-state index in [2.05, 4.69) is 5.32 Å². The van der Waals surface area contributed by atoms with Gasteiger partial charge in [-0.1, -0.05) is 19.3 Å². The van der Waals surface area contributed by atoms with Crippen LogP contribution in [0.4, 0.5) is 0 Å². The summed E-state index contributed by atoms with van der Waals surface area (Å²) in [6, 6.07) is 3.32. The second-order valence-corrected chi connectivity index (χ2v) is 4.87. The average Bonchev–Trinajstić information content (AvgIpc) is 2.93. The number of ether oxygens (including phenoxy) is 1. The first kappa shape index (κ1) is 13.6. The van der Waals surface area contributed by atoms with Gasteiger partial charge in [-0.15, -0.1) is 0 Å². The van der Waals surface area contributed by atoms with Crippen molar-refractivity contribution in [3.63, 3.8) is 0 Å². The third-order valence-electron chi connectivity index (χ3n) is 3.33. The lowest BCUT2D eigenvalue weighted by atomic mass is 9.95. The maximum Gasteiger partial charge on any atom is 0.374 e. The molecule has 0 bridgehead atoms. The number of amides is 1. The SMILES string of the molecule is C[C@@H](OC(=O)c1ccco1)C(=O)NC1CCCCC1. The Morgan fingerprint density at radius 1 is 1.37 bits per heavy atom. The zero-order valence-corrected chi connectivity index (χ0v) is 11.1. The Kier molecular flexibility index (Phi) is 4.60. The van der Waals surface area contributed by atoms with Crippen LogP contribution < -0.4 is 5.32 Å². The monoisotopic (exact) mass is 265 g/mol. The molecule has 0 radical (unpaired) electrons. The van der Waals surface area contributed by atoms with Gasteiger partial charge in [0.2, 0.25) is 5.76 Å². The van der Waals surface area contributed by atoms with Gasteiger partial charge in [-0.2, -0.15) is 0 Å². The zero-order valence-electron chi connectivity index (χ0n) is 11.1. The Bertz CT molecular complexity index is 421. The minimum atomic E-state index is -0.806. The first-order valence-corrected chi connectivity index (χ1v) is 6.71. The van der Waals surface area contributed by atoms with Crippen molar-refractivity contribution in [2.45, 2.75) is 51.2 Å².